The smallest absolute Gasteiger partial charge is 0.209 e. The van der Waals surface area contributed by atoms with E-state index < -0.39 is 0 Å². The zero-order chi connectivity index (χ0) is 12.9. The molecule has 0 saturated heterocycles. The predicted molar refractivity (Wildman–Crippen MR) is 76.3 cm³/mol. The summed E-state index contributed by atoms with van der Waals surface area (Å²) in [6.07, 6.45) is 10.4. The highest BCUT2D eigenvalue weighted by Gasteiger charge is 2.21. The van der Waals surface area contributed by atoms with Gasteiger partial charge in [0.15, 0.2) is 0 Å². The fourth-order valence-corrected chi connectivity index (χ4v) is 3.59. The Bertz CT molecular complexity index is 384. The van der Waals surface area contributed by atoms with Crippen molar-refractivity contribution >= 4 is 11.8 Å². The van der Waals surface area contributed by atoms with Gasteiger partial charge in [-0.3, -0.25) is 0 Å². The minimum atomic E-state index is 0.550. The maximum atomic E-state index is 4.17. The van der Waals surface area contributed by atoms with Gasteiger partial charge in [-0.15, -0.1) is 5.10 Å². The van der Waals surface area contributed by atoms with Crippen LogP contribution in [0.4, 0.5) is 0 Å². The average Bonchev–Trinajstić information content (AvgIpc) is 2.93. The van der Waals surface area contributed by atoms with Crippen LogP contribution >= 0.6 is 11.8 Å². The molecule has 2 saturated carbocycles. The highest BCUT2D eigenvalue weighted by Crippen LogP contribution is 2.31. The molecular formula is C13H23N5S. The summed E-state index contributed by atoms with van der Waals surface area (Å²) in [5.41, 5.74) is 0. The van der Waals surface area contributed by atoms with E-state index >= 15 is 0 Å². The molecule has 1 heterocycles. The second kappa shape index (κ2) is 6.70. The van der Waals surface area contributed by atoms with Gasteiger partial charge in [-0.05, 0) is 55.5 Å². The molecule has 6 heteroatoms. The number of rotatable bonds is 8. The minimum absolute atomic E-state index is 0.550. The lowest BCUT2D eigenvalue weighted by Gasteiger charge is -2.10. The van der Waals surface area contributed by atoms with Crippen LogP contribution in [0.25, 0.3) is 0 Å². The molecule has 2 aliphatic rings. The summed E-state index contributed by atoms with van der Waals surface area (Å²) in [7, 11) is 0. The standard InChI is InChI=1S/C13H23N5S/c1-2-6-12(5-1)18-13(15-16-17-18)19-10-4-3-9-14-11-7-8-11/h11-12,14H,1-10H2. The molecule has 19 heavy (non-hydrogen) atoms. The van der Waals surface area contributed by atoms with Crippen LogP contribution < -0.4 is 5.32 Å². The van der Waals surface area contributed by atoms with Gasteiger partial charge in [0.1, 0.15) is 0 Å². The Labute approximate surface area is 118 Å². The quantitative estimate of drug-likeness (QED) is 0.586. The van der Waals surface area contributed by atoms with Crippen LogP contribution in [0.5, 0.6) is 0 Å². The number of nitrogens with one attached hydrogen (secondary N) is 1. The van der Waals surface area contributed by atoms with Gasteiger partial charge in [-0.2, -0.15) is 0 Å². The molecule has 3 rings (SSSR count). The predicted octanol–water partition coefficient (Wildman–Crippen LogP) is 2.41. The summed E-state index contributed by atoms with van der Waals surface area (Å²) in [5, 5.41) is 16.7. The topological polar surface area (TPSA) is 55.6 Å². The van der Waals surface area contributed by atoms with Gasteiger partial charge in [0.25, 0.3) is 0 Å². The van der Waals surface area contributed by atoms with Crippen molar-refractivity contribution in [1.82, 2.24) is 25.5 Å². The Balaban J connectivity index is 1.35. The number of unbranched alkanes of at least 4 members (excludes halogenated alkanes) is 1. The molecule has 5 nitrogen and oxygen atoms in total. The second-order valence-corrected chi connectivity index (χ2v) is 6.69. The van der Waals surface area contributed by atoms with Crippen molar-refractivity contribution in [3.63, 3.8) is 0 Å². The molecule has 0 amide bonds. The molecule has 0 spiro atoms. The summed E-state index contributed by atoms with van der Waals surface area (Å²) < 4.78 is 2.06. The van der Waals surface area contributed by atoms with Crippen LogP contribution in [-0.4, -0.2) is 38.5 Å². The molecule has 1 N–H and O–H groups in total. The van der Waals surface area contributed by atoms with Gasteiger partial charge < -0.3 is 5.32 Å². The molecule has 0 radical (unpaired) electrons. The van der Waals surface area contributed by atoms with E-state index in [-0.39, 0.29) is 0 Å². The normalized spacial score (nSPS) is 20.2. The lowest BCUT2D eigenvalue weighted by molar-refractivity contribution is 0.423. The molecule has 0 aliphatic heterocycles. The number of tetrazole rings is 1. The second-order valence-electron chi connectivity index (χ2n) is 5.63. The van der Waals surface area contributed by atoms with Crippen molar-refractivity contribution in [3.05, 3.63) is 0 Å². The fourth-order valence-electron chi connectivity index (χ4n) is 2.64. The highest BCUT2D eigenvalue weighted by molar-refractivity contribution is 7.99. The molecule has 0 atom stereocenters. The van der Waals surface area contributed by atoms with Gasteiger partial charge in [0.05, 0.1) is 6.04 Å². The number of aromatic nitrogens is 4. The summed E-state index contributed by atoms with van der Waals surface area (Å²) in [6.45, 7) is 1.17. The Hall–Kier alpha value is -0.620. The van der Waals surface area contributed by atoms with Crippen molar-refractivity contribution in [2.24, 2.45) is 0 Å². The maximum Gasteiger partial charge on any atom is 0.209 e. The van der Waals surface area contributed by atoms with Gasteiger partial charge in [0.2, 0.25) is 5.16 Å². The zero-order valence-electron chi connectivity index (χ0n) is 11.4. The van der Waals surface area contributed by atoms with Crippen LogP contribution in [0.1, 0.15) is 57.4 Å². The molecule has 0 aromatic carbocycles. The SMILES string of the molecule is C(CCSc1nnnn1C1CCCC1)CNC1CC1. The lowest BCUT2D eigenvalue weighted by Crippen LogP contribution is -2.17. The third-order valence-electron chi connectivity index (χ3n) is 3.95. The van der Waals surface area contributed by atoms with E-state index in [0.29, 0.717) is 6.04 Å². The van der Waals surface area contributed by atoms with Crippen molar-refractivity contribution in [1.29, 1.82) is 0 Å². The summed E-state index contributed by atoms with van der Waals surface area (Å²) in [6, 6.07) is 1.39. The van der Waals surface area contributed by atoms with E-state index in [1.807, 2.05) is 11.8 Å². The molecule has 1 aromatic rings. The molecule has 2 fully saturated rings. The van der Waals surface area contributed by atoms with Crippen LogP contribution in [0, 0.1) is 0 Å². The van der Waals surface area contributed by atoms with E-state index in [1.54, 1.807) is 0 Å². The van der Waals surface area contributed by atoms with Crippen LogP contribution in [-0.2, 0) is 0 Å². The molecule has 0 unspecified atom stereocenters. The fraction of sp³-hybridized carbons (Fsp3) is 0.923. The summed E-state index contributed by atoms with van der Waals surface area (Å²) in [4.78, 5) is 0. The molecular weight excluding hydrogens is 258 g/mol. The number of hydrogen-bond acceptors (Lipinski definition) is 5. The first-order valence-electron chi connectivity index (χ1n) is 7.57. The van der Waals surface area contributed by atoms with E-state index in [4.69, 9.17) is 0 Å². The van der Waals surface area contributed by atoms with Crippen molar-refractivity contribution in [3.8, 4) is 0 Å². The van der Waals surface area contributed by atoms with Crippen molar-refractivity contribution in [2.45, 2.75) is 68.6 Å². The number of thioether (sulfide) groups is 1. The minimum Gasteiger partial charge on any atom is -0.314 e. The van der Waals surface area contributed by atoms with Crippen LogP contribution in [0.3, 0.4) is 0 Å². The highest BCUT2D eigenvalue weighted by atomic mass is 32.2. The van der Waals surface area contributed by atoms with E-state index in [9.17, 15) is 0 Å². The average molecular weight is 281 g/mol. The van der Waals surface area contributed by atoms with E-state index in [2.05, 4.69) is 25.5 Å². The third kappa shape index (κ3) is 3.92. The Morgan fingerprint density at radius 2 is 2.00 bits per heavy atom. The lowest BCUT2D eigenvalue weighted by atomic mass is 10.3. The van der Waals surface area contributed by atoms with Crippen LogP contribution in [0.2, 0.25) is 0 Å². The molecule has 0 bridgehead atoms. The van der Waals surface area contributed by atoms with E-state index in [0.717, 1.165) is 17.0 Å². The van der Waals surface area contributed by atoms with Gasteiger partial charge in [-0.1, -0.05) is 24.6 Å². The molecule has 106 valence electrons. The maximum absolute atomic E-state index is 4.17. The first kappa shape index (κ1) is 13.4. The summed E-state index contributed by atoms with van der Waals surface area (Å²) in [5.74, 6) is 1.12. The van der Waals surface area contributed by atoms with Gasteiger partial charge >= 0.3 is 0 Å². The molecule has 1 aromatic heterocycles. The largest absolute Gasteiger partial charge is 0.314 e. The Morgan fingerprint density at radius 1 is 1.16 bits per heavy atom. The van der Waals surface area contributed by atoms with Crippen molar-refractivity contribution < 1.29 is 0 Å². The molecule has 2 aliphatic carbocycles. The van der Waals surface area contributed by atoms with Gasteiger partial charge in [-0.25, -0.2) is 4.68 Å². The van der Waals surface area contributed by atoms with Gasteiger partial charge in [0, 0.05) is 11.8 Å². The number of nitrogens with zero attached hydrogens (tertiary/aromatic N) is 4. The third-order valence-corrected chi connectivity index (χ3v) is 4.97. The summed E-state index contributed by atoms with van der Waals surface area (Å²) >= 11 is 1.81. The zero-order valence-corrected chi connectivity index (χ0v) is 12.2. The van der Waals surface area contributed by atoms with E-state index in [1.165, 1.54) is 57.9 Å². The Kier molecular flexibility index (Phi) is 4.71. The Morgan fingerprint density at radius 3 is 2.79 bits per heavy atom. The monoisotopic (exact) mass is 281 g/mol. The number of hydrogen-bond donors (Lipinski definition) is 1. The van der Waals surface area contributed by atoms with Crippen LogP contribution in [0.15, 0.2) is 5.16 Å². The first-order valence-corrected chi connectivity index (χ1v) is 8.56. The first-order chi connectivity index (χ1) is 9.43. The van der Waals surface area contributed by atoms with Crippen molar-refractivity contribution in [2.75, 3.05) is 12.3 Å².